The molecule has 0 atom stereocenters. The van der Waals surface area contributed by atoms with Gasteiger partial charge in [-0.25, -0.2) is 0 Å². The van der Waals surface area contributed by atoms with Gasteiger partial charge in [0.05, 0.1) is 0 Å². The van der Waals surface area contributed by atoms with Gasteiger partial charge in [0.2, 0.25) is 0 Å². The molecule has 3 nitrogen and oxygen atoms in total. The zero-order valence-electron chi connectivity index (χ0n) is 7.47. The van der Waals surface area contributed by atoms with Gasteiger partial charge in [0.25, 0.3) is 0 Å². The Labute approximate surface area is 77.2 Å². The molecule has 3 heteroatoms. The van der Waals surface area contributed by atoms with Gasteiger partial charge in [0.1, 0.15) is 6.26 Å². The van der Waals surface area contributed by atoms with Crippen molar-refractivity contribution in [1.82, 2.24) is 4.98 Å². The second-order valence-electron chi connectivity index (χ2n) is 2.57. The Balaban J connectivity index is 0.000000132. The third-order valence-corrected chi connectivity index (χ3v) is 1.39. The summed E-state index contributed by atoms with van der Waals surface area (Å²) in [6, 6.07) is 10.3. The first-order chi connectivity index (χ1) is 6.29. The summed E-state index contributed by atoms with van der Waals surface area (Å²) in [5, 5.41) is 0. The van der Waals surface area contributed by atoms with Gasteiger partial charge in [-0.05, 0) is 6.92 Å². The summed E-state index contributed by atoms with van der Waals surface area (Å²) in [7, 11) is 0. The zero-order valence-corrected chi connectivity index (χ0v) is 7.47. The highest BCUT2D eigenvalue weighted by molar-refractivity contribution is 5.18. The lowest BCUT2D eigenvalue weighted by Gasteiger charge is -1.82. The number of hydrogen-bond donors (Lipinski definition) is 1. The van der Waals surface area contributed by atoms with E-state index in [2.05, 4.69) is 28.5 Å². The number of nitrogen functional groups attached to an aromatic ring is 1. The van der Waals surface area contributed by atoms with Crippen molar-refractivity contribution in [3.05, 3.63) is 48.6 Å². The molecule has 2 N–H and O–H groups in total. The second-order valence-corrected chi connectivity index (χ2v) is 2.57. The number of aromatic nitrogens is 1. The van der Waals surface area contributed by atoms with Gasteiger partial charge in [-0.1, -0.05) is 35.9 Å². The number of oxazole rings is 1. The fourth-order valence-corrected chi connectivity index (χ4v) is 0.756. The Morgan fingerprint density at radius 2 is 1.92 bits per heavy atom. The van der Waals surface area contributed by atoms with E-state index >= 15 is 0 Å². The Bertz CT molecular complexity index is 316. The van der Waals surface area contributed by atoms with E-state index in [1.54, 1.807) is 0 Å². The second kappa shape index (κ2) is 4.98. The number of nitrogens with zero attached hydrogens (tertiary/aromatic N) is 1. The summed E-state index contributed by atoms with van der Waals surface area (Å²) in [4.78, 5) is 3.53. The van der Waals surface area contributed by atoms with E-state index in [0.29, 0.717) is 5.82 Å². The van der Waals surface area contributed by atoms with Crippen LogP contribution in [-0.4, -0.2) is 4.98 Å². The summed E-state index contributed by atoms with van der Waals surface area (Å²) >= 11 is 0. The molecule has 0 unspecified atom stereocenters. The highest BCUT2D eigenvalue weighted by Gasteiger charge is 1.77. The van der Waals surface area contributed by atoms with Gasteiger partial charge >= 0.3 is 0 Å². The fraction of sp³-hybridized carbons (Fsp3) is 0.100. The van der Waals surface area contributed by atoms with Crippen molar-refractivity contribution in [3.63, 3.8) is 0 Å². The highest BCUT2D eigenvalue weighted by atomic mass is 16.3. The predicted molar refractivity (Wildman–Crippen MR) is 52.1 cm³/mol. The molecule has 0 spiro atoms. The van der Waals surface area contributed by atoms with Gasteiger partial charge in [-0.15, -0.1) is 0 Å². The molecule has 0 bridgehead atoms. The van der Waals surface area contributed by atoms with Crippen LogP contribution < -0.4 is 5.73 Å². The lowest BCUT2D eigenvalue weighted by Crippen LogP contribution is -1.79. The molecule has 0 saturated heterocycles. The van der Waals surface area contributed by atoms with Gasteiger partial charge in [0, 0.05) is 0 Å². The molecule has 0 radical (unpaired) electrons. The molecule has 2 rings (SSSR count). The smallest absolute Gasteiger partial charge is 0.182 e. The summed E-state index contributed by atoms with van der Waals surface area (Å²) in [6.07, 6.45) is 2.66. The van der Waals surface area contributed by atoms with E-state index < -0.39 is 0 Å². The summed E-state index contributed by atoms with van der Waals surface area (Å²) < 4.78 is 4.48. The zero-order chi connectivity index (χ0) is 9.52. The van der Waals surface area contributed by atoms with E-state index in [-0.39, 0.29) is 0 Å². The molecular formula is C10H12N2O. The molecule has 1 heterocycles. The van der Waals surface area contributed by atoms with Crippen LogP contribution >= 0.6 is 0 Å². The van der Waals surface area contributed by atoms with Crippen LogP contribution in [-0.2, 0) is 0 Å². The minimum Gasteiger partial charge on any atom is -0.449 e. The summed E-state index contributed by atoms with van der Waals surface area (Å²) in [5.74, 6) is 0.426. The first kappa shape index (κ1) is 9.32. The van der Waals surface area contributed by atoms with Crippen LogP contribution in [0.15, 0.2) is 47.4 Å². The predicted octanol–water partition coefficient (Wildman–Crippen LogP) is 2.25. The maximum absolute atomic E-state index is 5.07. The lowest BCUT2D eigenvalue weighted by atomic mass is 10.2. The molecule has 1 aromatic heterocycles. The van der Waals surface area contributed by atoms with Crippen LogP contribution in [0.2, 0.25) is 0 Å². The number of aryl methyl sites for hydroxylation is 1. The number of rotatable bonds is 0. The SMILES string of the molecule is Cc1ccccc1.Nc1cocn1. The van der Waals surface area contributed by atoms with Crippen LogP contribution in [0.4, 0.5) is 5.82 Å². The quantitative estimate of drug-likeness (QED) is 0.669. The molecule has 0 fully saturated rings. The number of anilines is 1. The van der Waals surface area contributed by atoms with Gasteiger partial charge in [-0.3, -0.25) is 0 Å². The summed E-state index contributed by atoms with van der Waals surface area (Å²) in [6.45, 7) is 2.08. The minimum atomic E-state index is 0.426. The first-order valence-corrected chi connectivity index (χ1v) is 3.94. The fourth-order valence-electron chi connectivity index (χ4n) is 0.756. The van der Waals surface area contributed by atoms with Crippen molar-refractivity contribution >= 4 is 5.82 Å². The summed E-state index contributed by atoms with van der Waals surface area (Å²) in [5.41, 5.74) is 6.39. The normalized spacial score (nSPS) is 8.69. The average Bonchev–Trinajstić information content (AvgIpc) is 2.58. The van der Waals surface area contributed by atoms with Crippen LogP contribution in [0.25, 0.3) is 0 Å². The molecular weight excluding hydrogens is 164 g/mol. The standard InChI is InChI=1S/C7H8.C3H4N2O/c1-7-5-3-2-4-6-7;4-3-1-6-2-5-3/h2-6H,1H3;1-2H,4H2. The molecule has 0 aliphatic rings. The average molecular weight is 176 g/mol. The molecule has 68 valence electrons. The van der Waals surface area contributed by atoms with E-state index in [9.17, 15) is 0 Å². The van der Waals surface area contributed by atoms with Crippen LogP contribution in [0, 0.1) is 6.92 Å². The van der Waals surface area contributed by atoms with E-state index in [4.69, 9.17) is 5.73 Å². The third kappa shape index (κ3) is 3.96. The van der Waals surface area contributed by atoms with E-state index in [0.717, 1.165) is 0 Å². The van der Waals surface area contributed by atoms with Crippen LogP contribution in [0.1, 0.15) is 5.56 Å². The van der Waals surface area contributed by atoms with Crippen LogP contribution in [0.5, 0.6) is 0 Å². The molecule has 0 saturated carbocycles. The van der Waals surface area contributed by atoms with Gasteiger partial charge in [-0.2, -0.15) is 4.98 Å². The number of nitrogens with two attached hydrogens (primary N) is 1. The number of benzene rings is 1. The maximum atomic E-state index is 5.07. The Morgan fingerprint density at radius 3 is 2.15 bits per heavy atom. The molecule has 0 amide bonds. The topological polar surface area (TPSA) is 52.0 Å². The molecule has 1 aromatic carbocycles. The Morgan fingerprint density at radius 1 is 1.23 bits per heavy atom. The van der Waals surface area contributed by atoms with Crippen molar-refractivity contribution in [2.75, 3.05) is 5.73 Å². The first-order valence-electron chi connectivity index (χ1n) is 3.94. The third-order valence-electron chi connectivity index (χ3n) is 1.39. The van der Waals surface area contributed by atoms with Crippen molar-refractivity contribution in [1.29, 1.82) is 0 Å². The maximum Gasteiger partial charge on any atom is 0.182 e. The van der Waals surface area contributed by atoms with Crippen molar-refractivity contribution in [2.24, 2.45) is 0 Å². The molecule has 0 aliphatic heterocycles. The monoisotopic (exact) mass is 176 g/mol. The Hall–Kier alpha value is -1.77. The van der Waals surface area contributed by atoms with E-state index in [1.807, 2.05) is 18.2 Å². The largest absolute Gasteiger partial charge is 0.449 e. The molecule has 2 aromatic rings. The highest BCUT2D eigenvalue weighted by Crippen LogP contribution is 1.92. The lowest BCUT2D eigenvalue weighted by molar-refractivity contribution is 0.558. The number of hydrogen-bond acceptors (Lipinski definition) is 3. The van der Waals surface area contributed by atoms with Crippen molar-refractivity contribution in [2.45, 2.75) is 6.92 Å². The van der Waals surface area contributed by atoms with Gasteiger partial charge < -0.3 is 10.2 Å². The van der Waals surface area contributed by atoms with Crippen molar-refractivity contribution < 1.29 is 4.42 Å². The molecule has 0 aliphatic carbocycles. The van der Waals surface area contributed by atoms with Crippen LogP contribution in [0.3, 0.4) is 0 Å². The minimum absolute atomic E-state index is 0.426. The van der Waals surface area contributed by atoms with E-state index in [1.165, 1.54) is 18.2 Å². The van der Waals surface area contributed by atoms with Gasteiger partial charge in [0.15, 0.2) is 12.2 Å². The van der Waals surface area contributed by atoms with Crippen molar-refractivity contribution in [3.8, 4) is 0 Å². The molecule has 13 heavy (non-hydrogen) atoms. The Kier molecular flexibility index (Phi) is 3.57.